The first-order valence-corrected chi connectivity index (χ1v) is 8.45. The van der Waals surface area contributed by atoms with Crippen LogP contribution in [-0.2, 0) is 11.3 Å². The van der Waals surface area contributed by atoms with E-state index < -0.39 is 0 Å². The van der Waals surface area contributed by atoms with E-state index in [-0.39, 0.29) is 11.8 Å². The van der Waals surface area contributed by atoms with Crippen LogP contribution in [0.3, 0.4) is 0 Å². The second-order valence-electron chi connectivity index (χ2n) is 6.79. The van der Waals surface area contributed by atoms with Crippen LogP contribution in [0.15, 0.2) is 24.3 Å². The van der Waals surface area contributed by atoms with E-state index >= 15 is 0 Å². The molecule has 0 spiro atoms. The van der Waals surface area contributed by atoms with Crippen molar-refractivity contribution >= 4 is 11.8 Å². The molecule has 2 aliphatic heterocycles. The van der Waals surface area contributed by atoms with Gasteiger partial charge in [-0.15, -0.1) is 0 Å². The molecule has 5 heteroatoms. The van der Waals surface area contributed by atoms with Gasteiger partial charge in [0.1, 0.15) is 0 Å². The van der Waals surface area contributed by atoms with Gasteiger partial charge in [-0.1, -0.05) is 12.1 Å². The Morgan fingerprint density at radius 3 is 2.39 bits per heavy atom. The number of nitrogens with zero attached hydrogens (tertiary/aromatic N) is 2. The van der Waals surface area contributed by atoms with Gasteiger partial charge in [-0.2, -0.15) is 0 Å². The highest BCUT2D eigenvalue weighted by Crippen LogP contribution is 2.16. The molecule has 1 N–H and O–H groups in total. The van der Waals surface area contributed by atoms with E-state index in [9.17, 15) is 9.59 Å². The number of rotatable bonds is 3. The molecule has 0 bridgehead atoms. The number of benzene rings is 1. The zero-order valence-corrected chi connectivity index (χ0v) is 13.9. The molecule has 124 valence electrons. The molecular weight excluding hydrogens is 290 g/mol. The van der Waals surface area contributed by atoms with E-state index in [0.29, 0.717) is 25.0 Å². The summed E-state index contributed by atoms with van der Waals surface area (Å²) in [5, 5.41) is 3.44. The minimum absolute atomic E-state index is 0.0917. The Hall–Kier alpha value is -1.88. The fraction of sp³-hybridized carbons (Fsp3) is 0.556. The Labute approximate surface area is 137 Å². The molecule has 0 saturated carbocycles. The van der Waals surface area contributed by atoms with Crippen LogP contribution in [0, 0.1) is 0 Å². The molecule has 2 fully saturated rings. The molecule has 2 saturated heterocycles. The van der Waals surface area contributed by atoms with Crippen molar-refractivity contribution in [2.45, 2.75) is 45.3 Å². The van der Waals surface area contributed by atoms with E-state index in [1.807, 2.05) is 34.1 Å². The van der Waals surface area contributed by atoms with Gasteiger partial charge in [0.25, 0.3) is 5.91 Å². The summed E-state index contributed by atoms with van der Waals surface area (Å²) in [7, 11) is 0. The second-order valence-corrected chi connectivity index (χ2v) is 6.79. The van der Waals surface area contributed by atoms with Crippen molar-refractivity contribution in [3.8, 4) is 0 Å². The maximum Gasteiger partial charge on any atom is 0.253 e. The minimum Gasteiger partial charge on any atom is -0.338 e. The summed E-state index contributed by atoms with van der Waals surface area (Å²) in [5.74, 6) is 0.322. The zero-order chi connectivity index (χ0) is 16.4. The number of amides is 2. The molecule has 23 heavy (non-hydrogen) atoms. The summed E-state index contributed by atoms with van der Waals surface area (Å²) < 4.78 is 0. The number of likely N-dealkylation sites (tertiary alicyclic amines) is 1. The van der Waals surface area contributed by atoms with E-state index in [0.717, 1.165) is 37.2 Å². The van der Waals surface area contributed by atoms with Crippen LogP contribution in [0.4, 0.5) is 0 Å². The maximum atomic E-state index is 12.6. The van der Waals surface area contributed by atoms with Crippen molar-refractivity contribution in [3.05, 3.63) is 35.4 Å². The average Bonchev–Trinajstić information content (AvgIpc) is 2.91. The molecule has 2 amide bonds. The van der Waals surface area contributed by atoms with Gasteiger partial charge in [0.15, 0.2) is 0 Å². The first kappa shape index (κ1) is 16.0. The maximum absolute atomic E-state index is 12.6. The van der Waals surface area contributed by atoms with Gasteiger partial charge in [0.05, 0.1) is 0 Å². The molecule has 2 aliphatic rings. The first-order valence-electron chi connectivity index (χ1n) is 8.45. The second kappa shape index (κ2) is 6.71. The summed E-state index contributed by atoms with van der Waals surface area (Å²) in [6, 6.07) is 8.35. The Kier molecular flexibility index (Phi) is 4.66. The quantitative estimate of drug-likeness (QED) is 0.922. The number of piperazine rings is 1. The lowest BCUT2D eigenvalue weighted by Gasteiger charge is -2.36. The predicted octanol–water partition coefficient (Wildman–Crippen LogP) is 1.63. The molecule has 0 unspecified atom stereocenters. The standard InChI is InChI=1S/C18H25N3O2/c1-13-10-21(11-14(2)19-13)18(23)16-7-5-15(6-8-16)12-20-9-3-4-17(20)22/h5-8,13-14,19H,3-4,9-12H2,1-2H3/t13-,14-/m1/s1. The molecule has 3 rings (SSSR count). The van der Waals surface area contributed by atoms with E-state index in [2.05, 4.69) is 19.2 Å². The summed E-state index contributed by atoms with van der Waals surface area (Å²) in [6.07, 6.45) is 1.62. The smallest absolute Gasteiger partial charge is 0.253 e. The van der Waals surface area contributed by atoms with Crippen molar-refractivity contribution in [3.63, 3.8) is 0 Å². The van der Waals surface area contributed by atoms with E-state index in [4.69, 9.17) is 0 Å². The molecule has 5 nitrogen and oxygen atoms in total. The normalized spacial score (nSPS) is 25.0. The van der Waals surface area contributed by atoms with Crippen LogP contribution in [0.1, 0.15) is 42.6 Å². The predicted molar refractivity (Wildman–Crippen MR) is 89.1 cm³/mol. The fourth-order valence-electron chi connectivity index (χ4n) is 3.52. The van der Waals surface area contributed by atoms with Crippen molar-refractivity contribution < 1.29 is 9.59 Å². The third-order valence-corrected chi connectivity index (χ3v) is 4.59. The van der Waals surface area contributed by atoms with Crippen LogP contribution in [0.2, 0.25) is 0 Å². The van der Waals surface area contributed by atoms with Crippen molar-refractivity contribution in [1.82, 2.24) is 15.1 Å². The highest BCUT2D eigenvalue weighted by Gasteiger charge is 2.25. The summed E-state index contributed by atoms with van der Waals surface area (Å²) in [5.41, 5.74) is 1.81. The van der Waals surface area contributed by atoms with Gasteiger partial charge in [-0.3, -0.25) is 9.59 Å². The van der Waals surface area contributed by atoms with Crippen LogP contribution in [0.5, 0.6) is 0 Å². The Balaban J connectivity index is 1.64. The molecule has 1 aromatic carbocycles. The third kappa shape index (κ3) is 3.72. The number of carbonyl (C=O) groups is 2. The largest absolute Gasteiger partial charge is 0.338 e. The molecule has 0 aromatic heterocycles. The van der Waals surface area contributed by atoms with Gasteiger partial charge in [-0.25, -0.2) is 0 Å². The van der Waals surface area contributed by atoms with Crippen molar-refractivity contribution in [1.29, 1.82) is 0 Å². The number of hydrogen-bond acceptors (Lipinski definition) is 3. The number of hydrogen-bond donors (Lipinski definition) is 1. The average molecular weight is 315 g/mol. The van der Waals surface area contributed by atoms with Gasteiger partial charge >= 0.3 is 0 Å². The highest BCUT2D eigenvalue weighted by atomic mass is 16.2. The molecule has 1 aromatic rings. The third-order valence-electron chi connectivity index (χ3n) is 4.59. The van der Waals surface area contributed by atoms with Crippen LogP contribution in [-0.4, -0.2) is 53.3 Å². The topological polar surface area (TPSA) is 52.7 Å². The Morgan fingerprint density at radius 1 is 1.17 bits per heavy atom. The lowest BCUT2D eigenvalue weighted by atomic mass is 10.1. The van der Waals surface area contributed by atoms with E-state index in [1.165, 1.54) is 0 Å². The lowest BCUT2D eigenvalue weighted by Crippen LogP contribution is -2.55. The Morgan fingerprint density at radius 2 is 1.83 bits per heavy atom. The summed E-state index contributed by atoms with van der Waals surface area (Å²) in [6.45, 7) is 7.18. The minimum atomic E-state index is 0.0917. The highest BCUT2D eigenvalue weighted by molar-refractivity contribution is 5.94. The van der Waals surface area contributed by atoms with Crippen LogP contribution >= 0.6 is 0 Å². The number of nitrogens with one attached hydrogen (secondary N) is 1. The van der Waals surface area contributed by atoms with Gasteiger partial charge < -0.3 is 15.1 Å². The lowest BCUT2D eigenvalue weighted by molar-refractivity contribution is -0.128. The van der Waals surface area contributed by atoms with Crippen molar-refractivity contribution in [2.24, 2.45) is 0 Å². The summed E-state index contributed by atoms with van der Waals surface area (Å²) in [4.78, 5) is 28.1. The molecule has 2 heterocycles. The first-order chi connectivity index (χ1) is 11.0. The van der Waals surface area contributed by atoms with Gasteiger partial charge in [0, 0.05) is 50.2 Å². The fourth-order valence-corrected chi connectivity index (χ4v) is 3.52. The molecule has 0 aliphatic carbocycles. The van der Waals surface area contributed by atoms with Crippen LogP contribution in [0.25, 0.3) is 0 Å². The Bertz CT molecular complexity index is 574. The van der Waals surface area contributed by atoms with Gasteiger partial charge in [0.2, 0.25) is 5.91 Å². The van der Waals surface area contributed by atoms with Gasteiger partial charge in [-0.05, 0) is 38.0 Å². The molecule has 2 atom stereocenters. The molecule has 0 radical (unpaired) electrons. The van der Waals surface area contributed by atoms with Crippen LogP contribution < -0.4 is 5.32 Å². The summed E-state index contributed by atoms with van der Waals surface area (Å²) >= 11 is 0. The van der Waals surface area contributed by atoms with E-state index in [1.54, 1.807) is 0 Å². The SMILES string of the molecule is C[C@@H]1CN(C(=O)c2ccc(CN3CCCC3=O)cc2)C[C@@H](C)N1. The number of carbonyl (C=O) groups excluding carboxylic acids is 2. The zero-order valence-electron chi connectivity index (χ0n) is 13.9. The monoisotopic (exact) mass is 315 g/mol. The molecular formula is C18H25N3O2. The van der Waals surface area contributed by atoms with Crippen molar-refractivity contribution in [2.75, 3.05) is 19.6 Å².